The largest absolute Gasteiger partial charge is 0.476 e. The minimum absolute atomic E-state index is 0.192. The monoisotopic (exact) mass is 474 g/mol. The Balaban J connectivity index is 1.84. The fourth-order valence-corrected chi connectivity index (χ4v) is 4.70. The third-order valence-electron chi connectivity index (χ3n) is 5.36. The molecule has 0 aliphatic carbocycles. The summed E-state index contributed by atoms with van der Waals surface area (Å²) in [6.07, 6.45) is 3.05. The number of nitrogens with one attached hydrogen (secondary N) is 1. The molecular weight excluding hydrogens is 443 g/mol. The number of hydrogen-bond acceptors (Lipinski definition) is 6. The van der Waals surface area contributed by atoms with Crippen LogP contribution in [0, 0.1) is 0 Å². The summed E-state index contributed by atoms with van der Waals surface area (Å²) in [6.45, 7) is 3.79. The lowest BCUT2D eigenvalue weighted by Gasteiger charge is -2.28. The Morgan fingerprint density at radius 3 is 1.76 bits per heavy atom. The average Bonchev–Trinajstić information content (AvgIpc) is 3.10. The van der Waals surface area contributed by atoms with Crippen LogP contribution in [0.3, 0.4) is 0 Å². The fraction of sp³-hybridized carbons (Fsp3) is 0.417. The summed E-state index contributed by atoms with van der Waals surface area (Å²) in [6, 6.07) is 17.3. The fourth-order valence-electron chi connectivity index (χ4n) is 3.51. The summed E-state index contributed by atoms with van der Waals surface area (Å²) < 4.78 is 29.4. The van der Waals surface area contributed by atoms with Crippen LogP contribution in [0.5, 0.6) is 0 Å². The van der Waals surface area contributed by atoms with Crippen molar-refractivity contribution < 1.29 is 27.7 Å². The van der Waals surface area contributed by atoms with Crippen LogP contribution >= 0.6 is 7.82 Å². The summed E-state index contributed by atoms with van der Waals surface area (Å²) >= 11 is 0. The molecule has 3 amide bonds. The van der Waals surface area contributed by atoms with Crippen molar-refractivity contribution in [2.75, 3.05) is 19.9 Å². The topological polar surface area (TPSA) is 94.2 Å². The Kier molecular flexibility index (Phi) is 8.80. The minimum atomic E-state index is -3.94. The van der Waals surface area contributed by atoms with Gasteiger partial charge in [-0.3, -0.25) is 18.4 Å². The molecule has 3 rings (SSSR count). The van der Waals surface area contributed by atoms with Crippen LogP contribution in [0.25, 0.3) is 0 Å². The van der Waals surface area contributed by atoms with Gasteiger partial charge in [0.2, 0.25) is 0 Å². The van der Waals surface area contributed by atoms with Gasteiger partial charge in [-0.2, -0.15) is 0 Å². The number of unbranched alkanes of at least 4 members (excludes halogenated alkanes) is 2. The number of carbonyl (C=O) groups is 2. The molecule has 1 fully saturated rings. The SMILES string of the molecule is CCCCOP(=O)(OCCCC)OCN1C(=O)NC(c2ccccc2)(c2ccccc2)C1=O. The molecule has 8 nitrogen and oxygen atoms in total. The number of carbonyl (C=O) groups excluding carboxylic acids is 2. The highest BCUT2D eigenvalue weighted by molar-refractivity contribution is 7.48. The molecule has 0 bridgehead atoms. The van der Waals surface area contributed by atoms with E-state index in [-0.39, 0.29) is 13.2 Å². The van der Waals surface area contributed by atoms with Crippen LogP contribution in [0.1, 0.15) is 50.7 Å². The summed E-state index contributed by atoms with van der Waals surface area (Å²) in [5.41, 5.74) is -0.198. The number of amides is 3. The second-order valence-electron chi connectivity index (χ2n) is 7.72. The van der Waals surface area contributed by atoms with Crippen molar-refractivity contribution in [3.05, 3.63) is 71.8 Å². The zero-order valence-corrected chi connectivity index (χ0v) is 20.0. The molecule has 0 atom stereocenters. The van der Waals surface area contributed by atoms with E-state index in [0.29, 0.717) is 24.0 Å². The van der Waals surface area contributed by atoms with Gasteiger partial charge in [-0.05, 0) is 24.0 Å². The van der Waals surface area contributed by atoms with E-state index in [2.05, 4.69) is 5.32 Å². The molecule has 2 aromatic carbocycles. The standard InChI is InChI=1S/C24H31N2O6P/c1-3-5-17-30-33(29,31-18-6-4-2)32-19-26-22(27)24(25-23(26)28,20-13-9-7-10-14-20)21-15-11-8-12-16-21/h7-16H,3-6,17-19H2,1-2H3,(H,25,28). The van der Waals surface area contributed by atoms with Crippen molar-refractivity contribution >= 4 is 19.8 Å². The zero-order valence-electron chi connectivity index (χ0n) is 19.1. The van der Waals surface area contributed by atoms with Crippen LogP contribution in [0.15, 0.2) is 60.7 Å². The van der Waals surface area contributed by atoms with E-state index in [0.717, 1.165) is 17.7 Å². The molecule has 0 spiro atoms. The smallest absolute Gasteiger partial charge is 0.315 e. The van der Waals surface area contributed by atoms with Gasteiger partial charge in [0, 0.05) is 0 Å². The maximum atomic E-state index is 13.7. The highest BCUT2D eigenvalue weighted by Crippen LogP contribution is 2.50. The minimum Gasteiger partial charge on any atom is -0.315 e. The van der Waals surface area contributed by atoms with E-state index >= 15 is 0 Å². The number of rotatable bonds is 13. The number of hydrogen-bond donors (Lipinski definition) is 1. The summed E-state index contributed by atoms with van der Waals surface area (Å²) in [5.74, 6) is -0.529. The number of phosphoric acid groups is 1. The molecule has 1 N–H and O–H groups in total. The number of urea groups is 1. The van der Waals surface area contributed by atoms with Crippen molar-refractivity contribution in [2.45, 2.75) is 45.1 Å². The molecule has 0 radical (unpaired) electrons. The molecule has 178 valence electrons. The van der Waals surface area contributed by atoms with Gasteiger partial charge in [-0.25, -0.2) is 14.3 Å². The molecule has 1 heterocycles. The molecule has 0 saturated carbocycles. The Morgan fingerprint density at radius 1 is 0.818 bits per heavy atom. The normalized spacial score (nSPS) is 15.6. The highest BCUT2D eigenvalue weighted by atomic mass is 31.2. The van der Waals surface area contributed by atoms with Gasteiger partial charge in [0.15, 0.2) is 5.54 Å². The van der Waals surface area contributed by atoms with E-state index < -0.39 is 32.0 Å². The van der Waals surface area contributed by atoms with E-state index in [1.54, 1.807) is 48.5 Å². The van der Waals surface area contributed by atoms with Crippen molar-refractivity contribution in [3.63, 3.8) is 0 Å². The molecule has 0 aromatic heterocycles. The number of benzene rings is 2. The van der Waals surface area contributed by atoms with Crippen LogP contribution in [-0.2, 0) is 28.5 Å². The van der Waals surface area contributed by atoms with Gasteiger partial charge in [-0.15, -0.1) is 0 Å². The first-order chi connectivity index (χ1) is 16.0. The Morgan fingerprint density at radius 2 is 1.30 bits per heavy atom. The Hall–Kier alpha value is -2.51. The molecule has 33 heavy (non-hydrogen) atoms. The van der Waals surface area contributed by atoms with Gasteiger partial charge in [0.25, 0.3) is 5.91 Å². The average molecular weight is 474 g/mol. The first kappa shape index (κ1) is 25.1. The van der Waals surface area contributed by atoms with Crippen LogP contribution < -0.4 is 5.32 Å². The number of nitrogens with zero attached hydrogens (tertiary/aromatic N) is 1. The van der Waals surface area contributed by atoms with E-state index in [1.165, 1.54) is 0 Å². The summed E-state index contributed by atoms with van der Waals surface area (Å²) in [4.78, 5) is 27.5. The van der Waals surface area contributed by atoms with E-state index in [9.17, 15) is 14.2 Å². The van der Waals surface area contributed by atoms with E-state index in [1.807, 2.05) is 26.0 Å². The number of phosphoric ester groups is 1. The summed E-state index contributed by atoms with van der Waals surface area (Å²) in [5, 5.41) is 2.83. The van der Waals surface area contributed by atoms with Crippen molar-refractivity contribution in [1.82, 2.24) is 10.2 Å². The Bertz CT molecular complexity index is 916. The van der Waals surface area contributed by atoms with Crippen LogP contribution in [-0.4, -0.2) is 36.8 Å². The predicted octanol–water partition coefficient (Wildman–Crippen LogP) is 5.20. The molecule has 2 aromatic rings. The van der Waals surface area contributed by atoms with Crippen molar-refractivity contribution in [2.24, 2.45) is 0 Å². The second kappa shape index (κ2) is 11.6. The molecular formula is C24H31N2O6P. The summed E-state index contributed by atoms with van der Waals surface area (Å²) in [7, 11) is -3.94. The third kappa shape index (κ3) is 5.71. The lowest BCUT2D eigenvalue weighted by atomic mass is 9.83. The third-order valence-corrected chi connectivity index (χ3v) is 6.79. The molecule has 1 aliphatic heterocycles. The lowest BCUT2D eigenvalue weighted by Crippen LogP contribution is -2.45. The van der Waals surface area contributed by atoms with Gasteiger partial charge in [-0.1, -0.05) is 87.4 Å². The molecule has 1 aliphatic rings. The first-order valence-corrected chi connectivity index (χ1v) is 12.7. The van der Waals surface area contributed by atoms with Gasteiger partial charge in [0.05, 0.1) is 13.2 Å². The number of imide groups is 1. The van der Waals surface area contributed by atoms with Crippen molar-refractivity contribution in [1.29, 1.82) is 0 Å². The second-order valence-corrected chi connectivity index (χ2v) is 9.39. The molecule has 1 saturated heterocycles. The van der Waals surface area contributed by atoms with Crippen LogP contribution in [0.4, 0.5) is 4.79 Å². The molecule has 0 unspecified atom stereocenters. The lowest BCUT2D eigenvalue weighted by molar-refractivity contribution is -0.132. The van der Waals surface area contributed by atoms with Crippen molar-refractivity contribution in [3.8, 4) is 0 Å². The molecule has 9 heteroatoms. The quantitative estimate of drug-likeness (QED) is 0.244. The van der Waals surface area contributed by atoms with Crippen LogP contribution in [0.2, 0.25) is 0 Å². The maximum absolute atomic E-state index is 13.7. The van der Waals surface area contributed by atoms with Gasteiger partial charge >= 0.3 is 13.9 Å². The zero-order chi connectivity index (χ0) is 23.7. The van der Waals surface area contributed by atoms with E-state index in [4.69, 9.17) is 13.6 Å². The first-order valence-electron chi connectivity index (χ1n) is 11.3. The predicted molar refractivity (Wildman–Crippen MR) is 124 cm³/mol. The maximum Gasteiger partial charge on any atom is 0.476 e. The van der Waals surface area contributed by atoms with Gasteiger partial charge < -0.3 is 5.32 Å². The Labute approximate surface area is 194 Å². The van der Waals surface area contributed by atoms with Gasteiger partial charge in [0.1, 0.15) is 6.73 Å². The highest BCUT2D eigenvalue weighted by Gasteiger charge is 2.54.